The molecule has 66 valence electrons. The van der Waals surface area contributed by atoms with Gasteiger partial charge in [-0.05, 0) is 12.8 Å². The molecule has 0 atom stereocenters. The van der Waals surface area contributed by atoms with Crippen molar-refractivity contribution in [2.45, 2.75) is 32.6 Å². The van der Waals surface area contributed by atoms with Crippen molar-refractivity contribution in [3.8, 4) is 0 Å². The average molecular weight is 198 g/mol. The van der Waals surface area contributed by atoms with Gasteiger partial charge < -0.3 is 5.11 Å². The van der Waals surface area contributed by atoms with Gasteiger partial charge in [-0.2, -0.15) is 0 Å². The number of carboxylic acid groups (broad SMARTS) is 1. The molecule has 0 aromatic heterocycles. The summed E-state index contributed by atoms with van der Waals surface area (Å²) in [7, 11) is 0. The minimum atomic E-state index is -0.850. The van der Waals surface area contributed by atoms with Gasteiger partial charge in [-0.3, -0.25) is 0 Å². The molecule has 0 aromatic rings. The van der Waals surface area contributed by atoms with Gasteiger partial charge in [0.05, 0.1) is 0 Å². The Balaban J connectivity index is 0. The van der Waals surface area contributed by atoms with E-state index in [0.29, 0.717) is 0 Å². The SMILES string of the molecule is CCCCCC=CC(=O)O.[Fe]. The fraction of sp³-hybridized carbons (Fsp3) is 0.625. The summed E-state index contributed by atoms with van der Waals surface area (Å²) in [5.41, 5.74) is 0. The van der Waals surface area contributed by atoms with Crippen LogP contribution in [0.25, 0.3) is 0 Å². The van der Waals surface area contributed by atoms with E-state index in [4.69, 9.17) is 5.11 Å². The van der Waals surface area contributed by atoms with Crippen LogP contribution >= 0.6 is 0 Å². The Morgan fingerprint density at radius 2 is 2.09 bits per heavy atom. The molecule has 0 aliphatic heterocycles. The molecule has 0 unspecified atom stereocenters. The molecule has 0 amide bonds. The van der Waals surface area contributed by atoms with Gasteiger partial charge in [-0.25, -0.2) is 4.79 Å². The van der Waals surface area contributed by atoms with Crippen molar-refractivity contribution in [2.75, 3.05) is 0 Å². The van der Waals surface area contributed by atoms with Gasteiger partial charge in [0.1, 0.15) is 0 Å². The molecule has 0 fully saturated rings. The number of hydrogen-bond donors (Lipinski definition) is 1. The third kappa shape index (κ3) is 12.8. The van der Waals surface area contributed by atoms with Gasteiger partial charge >= 0.3 is 5.97 Å². The molecular weight excluding hydrogens is 184 g/mol. The minimum Gasteiger partial charge on any atom is -0.478 e. The van der Waals surface area contributed by atoms with E-state index in [2.05, 4.69) is 6.92 Å². The van der Waals surface area contributed by atoms with Gasteiger partial charge in [0.15, 0.2) is 0 Å². The van der Waals surface area contributed by atoms with Crippen LogP contribution in [0.15, 0.2) is 12.2 Å². The van der Waals surface area contributed by atoms with E-state index in [1.54, 1.807) is 6.08 Å². The van der Waals surface area contributed by atoms with Crippen LogP contribution in [0.2, 0.25) is 0 Å². The largest absolute Gasteiger partial charge is 0.478 e. The van der Waals surface area contributed by atoms with E-state index in [1.165, 1.54) is 18.9 Å². The van der Waals surface area contributed by atoms with E-state index in [9.17, 15) is 4.79 Å². The summed E-state index contributed by atoms with van der Waals surface area (Å²) >= 11 is 0. The Morgan fingerprint density at radius 3 is 2.55 bits per heavy atom. The molecule has 0 aliphatic rings. The molecule has 0 aromatic carbocycles. The molecule has 3 heteroatoms. The van der Waals surface area contributed by atoms with Crippen LogP contribution in [0.3, 0.4) is 0 Å². The maximum Gasteiger partial charge on any atom is 0.327 e. The van der Waals surface area contributed by atoms with E-state index in [0.717, 1.165) is 12.8 Å². The van der Waals surface area contributed by atoms with E-state index in [-0.39, 0.29) is 17.1 Å². The summed E-state index contributed by atoms with van der Waals surface area (Å²) in [4.78, 5) is 9.95. The molecular formula is C8H14FeO2. The zero-order valence-corrected chi connectivity index (χ0v) is 7.80. The Labute approximate surface area is 78.2 Å². The molecule has 0 saturated heterocycles. The second-order valence-corrected chi connectivity index (χ2v) is 2.24. The smallest absolute Gasteiger partial charge is 0.327 e. The topological polar surface area (TPSA) is 37.3 Å². The van der Waals surface area contributed by atoms with Crippen LogP contribution in [0.1, 0.15) is 32.6 Å². The fourth-order valence-corrected chi connectivity index (χ4v) is 0.696. The number of aliphatic carboxylic acids is 1. The summed E-state index contributed by atoms with van der Waals surface area (Å²) in [6, 6.07) is 0. The van der Waals surface area contributed by atoms with Gasteiger partial charge in [-0.1, -0.05) is 25.8 Å². The number of allylic oxidation sites excluding steroid dienone is 1. The van der Waals surface area contributed by atoms with Crippen molar-refractivity contribution in [3.05, 3.63) is 12.2 Å². The summed E-state index contributed by atoms with van der Waals surface area (Å²) < 4.78 is 0. The molecule has 0 rings (SSSR count). The zero-order chi connectivity index (χ0) is 7.82. The van der Waals surface area contributed by atoms with E-state index in [1.807, 2.05) is 0 Å². The predicted octanol–water partition coefficient (Wildman–Crippen LogP) is 2.20. The second-order valence-electron chi connectivity index (χ2n) is 2.24. The van der Waals surface area contributed by atoms with Gasteiger partial charge in [-0.15, -0.1) is 0 Å². The normalized spacial score (nSPS) is 9.55. The van der Waals surface area contributed by atoms with Gasteiger partial charge in [0.25, 0.3) is 0 Å². The van der Waals surface area contributed by atoms with Crippen molar-refractivity contribution >= 4 is 5.97 Å². The molecule has 0 spiro atoms. The average Bonchev–Trinajstić information content (AvgIpc) is 1.87. The molecule has 0 bridgehead atoms. The summed E-state index contributed by atoms with van der Waals surface area (Å²) in [5, 5.41) is 8.18. The number of hydrogen-bond acceptors (Lipinski definition) is 1. The molecule has 0 saturated carbocycles. The van der Waals surface area contributed by atoms with Crippen molar-refractivity contribution in [2.24, 2.45) is 0 Å². The first-order valence-electron chi connectivity index (χ1n) is 3.67. The Morgan fingerprint density at radius 1 is 1.45 bits per heavy atom. The number of carboxylic acids is 1. The standard InChI is InChI=1S/C8H14O2.Fe/c1-2-3-4-5-6-7-8(9)10;/h6-7H,2-5H2,1H3,(H,9,10);. The summed E-state index contributed by atoms with van der Waals surface area (Å²) in [6.45, 7) is 2.13. The Kier molecular flexibility index (Phi) is 11.8. The quantitative estimate of drug-likeness (QED) is 0.417. The third-order valence-corrected chi connectivity index (χ3v) is 1.23. The van der Waals surface area contributed by atoms with E-state index >= 15 is 0 Å². The van der Waals surface area contributed by atoms with Crippen LogP contribution in [-0.2, 0) is 21.9 Å². The van der Waals surface area contributed by atoms with Gasteiger partial charge in [0, 0.05) is 23.1 Å². The second kappa shape index (κ2) is 9.73. The first kappa shape index (κ1) is 13.3. The molecule has 11 heavy (non-hydrogen) atoms. The third-order valence-electron chi connectivity index (χ3n) is 1.23. The van der Waals surface area contributed by atoms with Gasteiger partial charge in [0.2, 0.25) is 0 Å². The minimum absolute atomic E-state index is 0. The van der Waals surface area contributed by atoms with Crippen LogP contribution in [0.4, 0.5) is 0 Å². The summed E-state index contributed by atoms with van der Waals surface area (Å²) in [6.07, 6.45) is 7.26. The number of carbonyl (C=O) groups is 1. The fourth-order valence-electron chi connectivity index (χ4n) is 0.696. The molecule has 1 N–H and O–H groups in total. The monoisotopic (exact) mass is 198 g/mol. The van der Waals surface area contributed by atoms with Crippen LogP contribution < -0.4 is 0 Å². The Hall–Kier alpha value is -0.271. The number of unbranched alkanes of at least 4 members (excludes halogenated alkanes) is 3. The maximum absolute atomic E-state index is 9.95. The first-order valence-corrected chi connectivity index (χ1v) is 3.67. The van der Waals surface area contributed by atoms with Crippen molar-refractivity contribution in [1.29, 1.82) is 0 Å². The Bertz CT molecular complexity index is 121. The maximum atomic E-state index is 9.95. The van der Waals surface area contributed by atoms with Crippen molar-refractivity contribution in [3.63, 3.8) is 0 Å². The van der Waals surface area contributed by atoms with Crippen LogP contribution in [-0.4, -0.2) is 11.1 Å². The van der Waals surface area contributed by atoms with Crippen molar-refractivity contribution < 1.29 is 27.0 Å². The summed E-state index contributed by atoms with van der Waals surface area (Å²) in [5.74, 6) is -0.850. The molecule has 0 heterocycles. The van der Waals surface area contributed by atoms with Crippen LogP contribution in [0, 0.1) is 0 Å². The van der Waals surface area contributed by atoms with E-state index < -0.39 is 5.97 Å². The number of rotatable bonds is 5. The first-order chi connectivity index (χ1) is 4.77. The van der Waals surface area contributed by atoms with Crippen molar-refractivity contribution in [1.82, 2.24) is 0 Å². The molecule has 2 nitrogen and oxygen atoms in total. The molecule has 0 aliphatic carbocycles. The zero-order valence-electron chi connectivity index (χ0n) is 6.69. The molecule has 0 radical (unpaired) electrons. The van der Waals surface area contributed by atoms with Crippen LogP contribution in [0.5, 0.6) is 0 Å². The predicted molar refractivity (Wildman–Crippen MR) is 40.9 cm³/mol.